The van der Waals surface area contributed by atoms with Crippen molar-refractivity contribution in [3.63, 3.8) is 0 Å². The zero-order valence-corrected chi connectivity index (χ0v) is 9.44. The van der Waals surface area contributed by atoms with E-state index in [0.717, 1.165) is 16.4 Å². The minimum absolute atomic E-state index is 0.830. The molecule has 2 rings (SSSR count). The van der Waals surface area contributed by atoms with E-state index in [1.54, 1.807) is 0 Å². The zero-order valence-electron chi connectivity index (χ0n) is 8.62. The summed E-state index contributed by atoms with van der Waals surface area (Å²) in [6.07, 6.45) is 0. The quantitative estimate of drug-likeness (QED) is 0.717. The zero-order chi connectivity index (χ0) is 9.26. The normalized spacial score (nSPS) is 37.4. The molecule has 2 unspecified atom stereocenters. The van der Waals surface area contributed by atoms with Crippen LogP contribution in [0.25, 0.3) is 0 Å². The summed E-state index contributed by atoms with van der Waals surface area (Å²) in [5.74, 6) is 0.933. The SMILES string of the molecule is CC1CN(CC2CNC2)CC(C)S1. The van der Waals surface area contributed by atoms with Crippen molar-refractivity contribution in [1.82, 2.24) is 10.2 Å². The van der Waals surface area contributed by atoms with Crippen LogP contribution in [0, 0.1) is 5.92 Å². The van der Waals surface area contributed by atoms with Gasteiger partial charge >= 0.3 is 0 Å². The molecule has 13 heavy (non-hydrogen) atoms. The minimum atomic E-state index is 0.830. The molecule has 3 heteroatoms. The van der Waals surface area contributed by atoms with Crippen molar-refractivity contribution in [3.8, 4) is 0 Å². The molecule has 2 aliphatic heterocycles. The van der Waals surface area contributed by atoms with Crippen LogP contribution in [-0.4, -0.2) is 48.1 Å². The molecule has 0 radical (unpaired) electrons. The van der Waals surface area contributed by atoms with E-state index in [9.17, 15) is 0 Å². The summed E-state index contributed by atoms with van der Waals surface area (Å²) < 4.78 is 0. The number of nitrogens with zero attached hydrogens (tertiary/aromatic N) is 1. The van der Waals surface area contributed by atoms with Crippen LogP contribution < -0.4 is 5.32 Å². The van der Waals surface area contributed by atoms with Gasteiger partial charge < -0.3 is 10.2 Å². The monoisotopic (exact) mass is 200 g/mol. The first-order valence-corrected chi connectivity index (χ1v) is 6.27. The van der Waals surface area contributed by atoms with Crippen molar-refractivity contribution in [2.24, 2.45) is 5.92 Å². The number of hydrogen-bond donors (Lipinski definition) is 1. The van der Waals surface area contributed by atoms with Crippen molar-refractivity contribution < 1.29 is 0 Å². The number of rotatable bonds is 2. The lowest BCUT2D eigenvalue weighted by Gasteiger charge is -2.39. The number of hydrogen-bond acceptors (Lipinski definition) is 3. The molecule has 76 valence electrons. The van der Waals surface area contributed by atoms with Crippen molar-refractivity contribution in [2.75, 3.05) is 32.7 Å². The Balaban J connectivity index is 1.77. The Kier molecular flexibility index (Phi) is 3.17. The van der Waals surface area contributed by atoms with E-state index in [-0.39, 0.29) is 0 Å². The van der Waals surface area contributed by atoms with Crippen molar-refractivity contribution in [2.45, 2.75) is 24.3 Å². The third-order valence-electron chi connectivity index (χ3n) is 2.88. The van der Waals surface area contributed by atoms with Crippen LogP contribution in [0.1, 0.15) is 13.8 Å². The first kappa shape index (κ1) is 9.81. The third kappa shape index (κ3) is 2.61. The highest BCUT2D eigenvalue weighted by Crippen LogP contribution is 2.25. The van der Waals surface area contributed by atoms with Gasteiger partial charge in [0.25, 0.3) is 0 Å². The molecule has 0 aromatic rings. The van der Waals surface area contributed by atoms with Crippen LogP contribution in [0.3, 0.4) is 0 Å². The van der Waals surface area contributed by atoms with Crippen LogP contribution in [0.5, 0.6) is 0 Å². The topological polar surface area (TPSA) is 15.3 Å². The molecule has 0 bridgehead atoms. The molecule has 0 aromatic heterocycles. The van der Waals surface area contributed by atoms with Gasteiger partial charge in [0.1, 0.15) is 0 Å². The van der Waals surface area contributed by atoms with Gasteiger partial charge in [0, 0.05) is 43.2 Å². The molecule has 2 heterocycles. The average Bonchev–Trinajstić information content (AvgIpc) is 1.95. The smallest absolute Gasteiger partial charge is 0.0149 e. The van der Waals surface area contributed by atoms with E-state index in [1.807, 2.05) is 0 Å². The first-order valence-electron chi connectivity index (χ1n) is 5.32. The third-order valence-corrected chi connectivity index (χ3v) is 4.11. The van der Waals surface area contributed by atoms with Crippen LogP contribution in [0.4, 0.5) is 0 Å². The summed E-state index contributed by atoms with van der Waals surface area (Å²) in [5, 5.41) is 5.00. The molecule has 0 saturated carbocycles. The molecule has 2 aliphatic rings. The maximum atomic E-state index is 3.34. The van der Waals surface area contributed by atoms with Gasteiger partial charge in [0.2, 0.25) is 0 Å². The van der Waals surface area contributed by atoms with E-state index >= 15 is 0 Å². The molecule has 0 aliphatic carbocycles. The second-order valence-corrected chi connectivity index (χ2v) is 6.38. The highest BCUT2D eigenvalue weighted by Gasteiger charge is 2.26. The Morgan fingerprint density at radius 3 is 2.31 bits per heavy atom. The molecular formula is C10H20N2S. The second kappa shape index (κ2) is 4.20. The van der Waals surface area contributed by atoms with Crippen molar-refractivity contribution in [1.29, 1.82) is 0 Å². The highest BCUT2D eigenvalue weighted by molar-refractivity contribution is 8.00. The van der Waals surface area contributed by atoms with Gasteiger partial charge in [-0.1, -0.05) is 13.8 Å². The van der Waals surface area contributed by atoms with Crippen LogP contribution >= 0.6 is 11.8 Å². The van der Waals surface area contributed by atoms with E-state index < -0.39 is 0 Å². The summed E-state index contributed by atoms with van der Waals surface area (Å²) in [6.45, 7) is 11.1. The standard InChI is InChI=1S/C10H20N2S/c1-8-5-12(6-9(2)13-8)7-10-3-11-4-10/h8-11H,3-7H2,1-2H3. The fourth-order valence-corrected chi connectivity index (χ4v) is 3.66. The van der Waals surface area contributed by atoms with E-state index in [0.29, 0.717) is 0 Å². The maximum Gasteiger partial charge on any atom is 0.0149 e. The van der Waals surface area contributed by atoms with E-state index in [1.165, 1.54) is 32.7 Å². The van der Waals surface area contributed by atoms with Gasteiger partial charge in [-0.3, -0.25) is 0 Å². The maximum absolute atomic E-state index is 3.34. The summed E-state index contributed by atoms with van der Waals surface area (Å²) in [7, 11) is 0. The van der Waals surface area contributed by atoms with Gasteiger partial charge in [-0.15, -0.1) is 0 Å². The molecular weight excluding hydrogens is 180 g/mol. The number of thioether (sulfide) groups is 1. The van der Waals surface area contributed by atoms with E-state index in [2.05, 4.69) is 35.8 Å². The Morgan fingerprint density at radius 1 is 1.23 bits per heavy atom. The minimum Gasteiger partial charge on any atom is -0.316 e. The van der Waals surface area contributed by atoms with Gasteiger partial charge in [0.05, 0.1) is 0 Å². The first-order chi connectivity index (χ1) is 6.24. The molecule has 0 spiro atoms. The fraction of sp³-hybridized carbons (Fsp3) is 1.00. The lowest BCUT2D eigenvalue weighted by molar-refractivity contribution is 0.191. The summed E-state index contributed by atoms with van der Waals surface area (Å²) in [6, 6.07) is 0. The molecule has 2 atom stereocenters. The van der Waals surface area contributed by atoms with Crippen LogP contribution in [0.2, 0.25) is 0 Å². The molecule has 2 saturated heterocycles. The van der Waals surface area contributed by atoms with Crippen LogP contribution in [-0.2, 0) is 0 Å². The Hall–Kier alpha value is 0.270. The molecule has 2 fully saturated rings. The highest BCUT2D eigenvalue weighted by atomic mass is 32.2. The van der Waals surface area contributed by atoms with Gasteiger partial charge in [-0.05, 0) is 5.92 Å². The lowest BCUT2D eigenvalue weighted by atomic mass is 10.0. The second-order valence-electron chi connectivity index (χ2n) is 4.50. The van der Waals surface area contributed by atoms with Crippen molar-refractivity contribution >= 4 is 11.8 Å². The molecule has 1 N–H and O–H groups in total. The fourth-order valence-electron chi connectivity index (χ4n) is 2.28. The van der Waals surface area contributed by atoms with Crippen molar-refractivity contribution in [3.05, 3.63) is 0 Å². The summed E-state index contributed by atoms with van der Waals surface area (Å²) in [4.78, 5) is 2.65. The Bertz CT molecular complexity index is 160. The Morgan fingerprint density at radius 2 is 1.85 bits per heavy atom. The van der Waals surface area contributed by atoms with Gasteiger partial charge in [-0.2, -0.15) is 11.8 Å². The van der Waals surface area contributed by atoms with E-state index in [4.69, 9.17) is 0 Å². The van der Waals surface area contributed by atoms with Crippen LogP contribution in [0.15, 0.2) is 0 Å². The Labute approximate surface area is 85.4 Å². The number of nitrogens with one attached hydrogen (secondary N) is 1. The van der Waals surface area contributed by atoms with Gasteiger partial charge in [0.15, 0.2) is 0 Å². The molecule has 0 amide bonds. The average molecular weight is 200 g/mol. The molecule has 2 nitrogen and oxygen atoms in total. The lowest BCUT2D eigenvalue weighted by Crippen LogP contribution is -2.51. The van der Waals surface area contributed by atoms with Gasteiger partial charge in [-0.25, -0.2) is 0 Å². The molecule has 0 aromatic carbocycles. The summed E-state index contributed by atoms with van der Waals surface area (Å²) in [5.41, 5.74) is 0. The summed E-state index contributed by atoms with van der Waals surface area (Å²) >= 11 is 2.14. The predicted molar refractivity (Wildman–Crippen MR) is 59.3 cm³/mol. The largest absolute Gasteiger partial charge is 0.316 e. The predicted octanol–water partition coefficient (Wildman–Crippen LogP) is 1.03.